The molecule has 0 heterocycles. The first kappa shape index (κ1) is 13.7. The smallest absolute Gasteiger partial charge is 0.259 e. The number of hydrogen-bond donors (Lipinski definition) is 1. The number of aryl methyl sites for hydroxylation is 1. The third-order valence-electron chi connectivity index (χ3n) is 2.89. The predicted molar refractivity (Wildman–Crippen MR) is 80.1 cm³/mol. The van der Waals surface area contributed by atoms with E-state index in [0.717, 1.165) is 11.1 Å². The second-order valence-corrected chi connectivity index (χ2v) is 4.38. The van der Waals surface area contributed by atoms with Crippen LogP contribution in [0.5, 0.6) is 5.75 Å². The quantitative estimate of drug-likeness (QED) is 0.865. The number of rotatable bonds is 3. The molecule has 1 amide bonds. The largest absolute Gasteiger partial charge is 0.496 e. The van der Waals surface area contributed by atoms with Gasteiger partial charge in [0.15, 0.2) is 0 Å². The van der Waals surface area contributed by atoms with E-state index in [1.54, 1.807) is 37.4 Å². The van der Waals surface area contributed by atoms with E-state index in [0.29, 0.717) is 17.0 Å². The minimum absolute atomic E-state index is 0.222. The van der Waals surface area contributed by atoms with Crippen LogP contribution in [0.2, 0.25) is 0 Å². The second kappa shape index (κ2) is 5.94. The summed E-state index contributed by atoms with van der Waals surface area (Å²) in [5, 5.41) is 2.82. The highest BCUT2D eigenvalue weighted by atomic mass is 16.5. The van der Waals surface area contributed by atoms with Crippen LogP contribution >= 0.6 is 0 Å². The highest BCUT2D eigenvalue weighted by Gasteiger charge is 2.12. The summed E-state index contributed by atoms with van der Waals surface area (Å²) >= 11 is 0. The Bertz CT molecular complexity index is 684. The molecule has 0 atom stereocenters. The van der Waals surface area contributed by atoms with Crippen LogP contribution in [0, 0.1) is 19.3 Å². The van der Waals surface area contributed by atoms with Gasteiger partial charge >= 0.3 is 0 Å². The average Bonchev–Trinajstić information content (AvgIpc) is 2.47. The lowest BCUT2D eigenvalue weighted by Crippen LogP contribution is -2.13. The van der Waals surface area contributed by atoms with Crippen molar-refractivity contribution in [3.05, 3.63) is 59.2 Å². The first-order chi connectivity index (χ1) is 9.63. The Labute approximate surface area is 118 Å². The fraction of sp³-hybridized carbons (Fsp3) is 0.118. The predicted octanol–water partition coefficient (Wildman–Crippen LogP) is 3.24. The van der Waals surface area contributed by atoms with Gasteiger partial charge in [-0.25, -0.2) is 0 Å². The van der Waals surface area contributed by atoms with E-state index < -0.39 is 0 Å². The van der Waals surface area contributed by atoms with Gasteiger partial charge in [-0.2, -0.15) is 0 Å². The van der Waals surface area contributed by atoms with Crippen LogP contribution in [-0.4, -0.2) is 13.0 Å². The summed E-state index contributed by atoms with van der Waals surface area (Å²) in [6.07, 6.45) is 5.34. The Hall–Kier alpha value is -2.73. The van der Waals surface area contributed by atoms with Crippen molar-refractivity contribution in [1.29, 1.82) is 0 Å². The summed E-state index contributed by atoms with van der Waals surface area (Å²) in [4.78, 5) is 12.3. The molecule has 3 heteroatoms. The molecule has 0 saturated carbocycles. The number of carbonyl (C=O) groups excluding carboxylic acids is 1. The Morgan fingerprint density at radius 2 is 2.05 bits per heavy atom. The standard InChI is InChI=1S/C17H15NO2/c1-4-13-6-5-7-14(11-13)18-17(19)15-10-12(2)8-9-16(15)20-3/h1,5-11H,2-3H3,(H,18,19). The molecule has 0 aliphatic carbocycles. The lowest BCUT2D eigenvalue weighted by Gasteiger charge is -2.10. The SMILES string of the molecule is C#Cc1cccc(NC(=O)c2cc(C)ccc2OC)c1. The summed E-state index contributed by atoms with van der Waals surface area (Å²) < 4.78 is 5.21. The van der Waals surface area contributed by atoms with Gasteiger partial charge < -0.3 is 10.1 Å². The Balaban J connectivity index is 2.28. The van der Waals surface area contributed by atoms with Crippen LogP contribution in [-0.2, 0) is 0 Å². The summed E-state index contributed by atoms with van der Waals surface area (Å²) in [6, 6.07) is 12.6. The zero-order valence-corrected chi connectivity index (χ0v) is 11.4. The number of terminal acetylenes is 1. The molecule has 0 aromatic heterocycles. The second-order valence-electron chi connectivity index (χ2n) is 4.38. The normalized spacial score (nSPS) is 9.65. The topological polar surface area (TPSA) is 38.3 Å². The number of amides is 1. The molecule has 0 unspecified atom stereocenters. The minimum Gasteiger partial charge on any atom is -0.496 e. The van der Waals surface area contributed by atoms with Crippen molar-refractivity contribution in [2.75, 3.05) is 12.4 Å². The molecule has 2 aromatic rings. The minimum atomic E-state index is -0.222. The number of nitrogens with one attached hydrogen (secondary N) is 1. The maximum atomic E-state index is 12.3. The van der Waals surface area contributed by atoms with E-state index in [4.69, 9.17) is 11.2 Å². The molecule has 2 aromatic carbocycles. The first-order valence-electron chi connectivity index (χ1n) is 6.16. The molecular formula is C17H15NO2. The lowest BCUT2D eigenvalue weighted by molar-refractivity contribution is 0.102. The van der Waals surface area contributed by atoms with E-state index in [-0.39, 0.29) is 5.91 Å². The fourth-order valence-corrected chi connectivity index (χ4v) is 1.88. The highest BCUT2D eigenvalue weighted by molar-refractivity contribution is 6.06. The molecule has 0 radical (unpaired) electrons. The van der Waals surface area contributed by atoms with E-state index in [1.807, 2.05) is 19.1 Å². The lowest BCUT2D eigenvalue weighted by atomic mass is 10.1. The number of ether oxygens (including phenoxy) is 1. The molecule has 100 valence electrons. The van der Waals surface area contributed by atoms with Crippen molar-refractivity contribution >= 4 is 11.6 Å². The zero-order valence-electron chi connectivity index (χ0n) is 11.4. The van der Waals surface area contributed by atoms with Gasteiger partial charge in [-0.05, 0) is 37.3 Å². The number of anilines is 1. The molecule has 0 saturated heterocycles. The van der Waals surface area contributed by atoms with Crippen LogP contribution in [0.3, 0.4) is 0 Å². The Morgan fingerprint density at radius 1 is 1.25 bits per heavy atom. The maximum Gasteiger partial charge on any atom is 0.259 e. The van der Waals surface area contributed by atoms with E-state index >= 15 is 0 Å². The first-order valence-corrected chi connectivity index (χ1v) is 6.16. The van der Waals surface area contributed by atoms with Crippen molar-refractivity contribution < 1.29 is 9.53 Å². The number of hydrogen-bond acceptors (Lipinski definition) is 2. The third kappa shape index (κ3) is 2.99. The van der Waals surface area contributed by atoms with Crippen molar-refractivity contribution in [2.24, 2.45) is 0 Å². The van der Waals surface area contributed by atoms with E-state index in [1.165, 1.54) is 0 Å². The molecule has 3 nitrogen and oxygen atoms in total. The van der Waals surface area contributed by atoms with Crippen molar-refractivity contribution in [3.8, 4) is 18.1 Å². The average molecular weight is 265 g/mol. The Kier molecular flexibility index (Phi) is 4.07. The summed E-state index contributed by atoms with van der Waals surface area (Å²) in [5.41, 5.74) is 2.87. The van der Waals surface area contributed by atoms with E-state index in [2.05, 4.69) is 11.2 Å². The molecule has 2 rings (SSSR count). The van der Waals surface area contributed by atoms with Gasteiger partial charge in [-0.3, -0.25) is 4.79 Å². The molecule has 0 aliphatic heterocycles. The van der Waals surface area contributed by atoms with Gasteiger partial charge in [0.1, 0.15) is 5.75 Å². The van der Waals surface area contributed by atoms with Crippen molar-refractivity contribution in [1.82, 2.24) is 0 Å². The molecule has 20 heavy (non-hydrogen) atoms. The van der Waals surface area contributed by atoms with Gasteiger partial charge in [0.25, 0.3) is 5.91 Å². The molecule has 1 N–H and O–H groups in total. The molecule has 0 aliphatic rings. The number of benzene rings is 2. The summed E-state index contributed by atoms with van der Waals surface area (Å²) in [7, 11) is 1.54. The monoisotopic (exact) mass is 265 g/mol. The van der Waals surface area contributed by atoms with Gasteiger partial charge in [-0.1, -0.05) is 23.6 Å². The molecule has 0 bridgehead atoms. The molecule has 0 fully saturated rings. The van der Waals surface area contributed by atoms with Gasteiger partial charge in [0, 0.05) is 11.3 Å². The number of methoxy groups -OCH3 is 1. The van der Waals surface area contributed by atoms with Crippen LogP contribution in [0.1, 0.15) is 21.5 Å². The van der Waals surface area contributed by atoms with Crippen LogP contribution in [0.4, 0.5) is 5.69 Å². The van der Waals surface area contributed by atoms with Crippen LogP contribution in [0.15, 0.2) is 42.5 Å². The fourth-order valence-electron chi connectivity index (χ4n) is 1.88. The van der Waals surface area contributed by atoms with Crippen molar-refractivity contribution in [3.63, 3.8) is 0 Å². The molecule has 0 spiro atoms. The van der Waals surface area contributed by atoms with Crippen LogP contribution in [0.25, 0.3) is 0 Å². The van der Waals surface area contributed by atoms with E-state index in [9.17, 15) is 4.79 Å². The zero-order chi connectivity index (χ0) is 14.5. The van der Waals surface area contributed by atoms with Crippen LogP contribution < -0.4 is 10.1 Å². The maximum absolute atomic E-state index is 12.3. The Morgan fingerprint density at radius 3 is 2.75 bits per heavy atom. The van der Waals surface area contributed by atoms with Gasteiger partial charge in [-0.15, -0.1) is 6.42 Å². The molecular weight excluding hydrogens is 250 g/mol. The summed E-state index contributed by atoms with van der Waals surface area (Å²) in [5.74, 6) is 2.86. The van der Waals surface area contributed by atoms with Gasteiger partial charge in [0.05, 0.1) is 12.7 Å². The van der Waals surface area contributed by atoms with Crippen molar-refractivity contribution in [2.45, 2.75) is 6.92 Å². The van der Waals surface area contributed by atoms with Gasteiger partial charge in [0.2, 0.25) is 0 Å². The summed E-state index contributed by atoms with van der Waals surface area (Å²) in [6.45, 7) is 1.93. The number of carbonyl (C=O) groups is 1. The highest BCUT2D eigenvalue weighted by Crippen LogP contribution is 2.21. The third-order valence-corrected chi connectivity index (χ3v) is 2.89.